The molecule has 24 heavy (non-hydrogen) atoms. The van der Waals surface area contributed by atoms with Crippen LogP contribution in [0.3, 0.4) is 0 Å². The normalized spacial score (nSPS) is 16.5. The minimum Gasteiger partial charge on any atom is -0.324 e. The SMILES string of the molecule is CCc1nc2ccccc2c(NC(=O)CN2CCC(C)CC2)c1C. The van der Waals surface area contributed by atoms with E-state index in [9.17, 15) is 4.79 Å². The van der Waals surface area contributed by atoms with Gasteiger partial charge in [-0.2, -0.15) is 0 Å². The first kappa shape index (κ1) is 16.9. The number of aromatic nitrogens is 1. The number of nitrogens with zero attached hydrogens (tertiary/aromatic N) is 2. The van der Waals surface area contributed by atoms with E-state index in [1.807, 2.05) is 24.3 Å². The third kappa shape index (κ3) is 3.59. The first-order valence-electron chi connectivity index (χ1n) is 8.99. The van der Waals surface area contributed by atoms with Crippen LogP contribution in [0.2, 0.25) is 0 Å². The summed E-state index contributed by atoms with van der Waals surface area (Å²) in [7, 11) is 0. The number of fused-ring (bicyclic) bond motifs is 1. The zero-order valence-corrected chi connectivity index (χ0v) is 14.9. The lowest BCUT2D eigenvalue weighted by Gasteiger charge is -2.29. The molecule has 1 saturated heterocycles. The number of para-hydroxylation sites is 1. The Balaban J connectivity index is 1.81. The number of hydrogen-bond acceptors (Lipinski definition) is 3. The van der Waals surface area contributed by atoms with Crippen LogP contribution in [0.5, 0.6) is 0 Å². The van der Waals surface area contributed by atoms with Gasteiger partial charge in [-0.25, -0.2) is 0 Å². The number of pyridine rings is 1. The van der Waals surface area contributed by atoms with Crippen LogP contribution in [0.4, 0.5) is 5.69 Å². The Morgan fingerprint density at radius 3 is 2.71 bits per heavy atom. The van der Waals surface area contributed by atoms with Crippen LogP contribution < -0.4 is 5.32 Å². The molecular formula is C20H27N3O. The molecule has 0 spiro atoms. The smallest absolute Gasteiger partial charge is 0.238 e. The molecule has 1 amide bonds. The fourth-order valence-corrected chi connectivity index (χ4v) is 3.47. The molecule has 0 radical (unpaired) electrons. The largest absolute Gasteiger partial charge is 0.324 e. The Morgan fingerprint density at radius 2 is 2.00 bits per heavy atom. The highest BCUT2D eigenvalue weighted by molar-refractivity contribution is 6.03. The number of anilines is 1. The van der Waals surface area contributed by atoms with Crippen LogP contribution in [-0.4, -0.2) is 35.4 Å². The number of likely N-dealkylation sites (tertiary alicyclic amines) is 1. The van der Waals surface area contributed by atoms with E-state index in [-0.39, 0.29) is 5.91 Å². The van der Waals surface area contributed by atoms with Crippen LogP contribution in [0.15, 0.2) is 24.3 Å². The van der Waals surface area contributed by atoms with Crippen LogP contribution in [-0.2, 0) is 11.2 Å². The highest BCUT2D eigenvalue weighted by Crippen LogP contribution is 2.28. The second-order valence-electron chi connectivity index (χ2n) is 6.94. The quantitative estimate of drug-likeness (QED) is 0.930. The molecule has 1 N–H and O–H groups in total. The van der Waals surface area contributed by atoms with E-state index < -0.39 is 0 Å². The van der Waals surface area contributed by atoms with Crippen molar-refractivity contribution in [3.8, 4) is 0 Å². The topological polar surface area (TPSA) is 45.2 Å². The minimum absolute atomic E-state index is 0.0751. The van der Waals surface area contributed by atoms with Gasteiger partial charge in [0.15, 0.2) is 0 Å². The lowest BCUT2D eigenvalue weighted by molar-refractivity contribution is -0.117. The van der Waals surface area contributed by atoms with Gasteiger partial charge in [0.1, 0.15) is 0 Å². The number of aryl methyl sites for hydroxylation is 1. The Labute approximate surface area is 144 Å². The van der Waals surface area contributed by atoms with Gasteiger partial charge in [-0.3, -0.25) is 14.7 Å². The van der Waals surface area contributed by atoms with Crippen LogP contribution >= 0.6 is 0 Å². The van der Waals surface area contributed by atoms with Crippen LogP contribution in [0.25, 0.3) is 10.9 Å². The Morgan fingerprint density at radius 1 is 1.29 bits per heavy atom. The minimum atomic E-state index is 0.0751. The number of piperidine rings is 1. The number of carbonyl (C=O) groups excluding carboxylic acids is 1. The number of benzene rings is 1. The average Bonchev–Trinajstić information content (AvgIpc) is 2.59. The third-order valence-corrected chi connectivity index (χ3v) is 5.08. The van der Waals surface area contributed by atoms with Crippen molar-refractivity contribution in [3.05, 3.63) is 35.5 Å². The van der Waals surface area contributed by atoms with Gasteiger partial charge < -0.3 is 5.32 Å². The van der Waals surface area contributed by atoms with Gasteiger partial charge in [0.05, 0.1) is 17.7 Å². The second kappa shape index (κ2) is 7.31. The molecule has 0 saturated carbocycles. The van der Waals surface area contributed by atoms with E-state index >= 15 is 0 Å². The molecule has 1 fully saturated rings. The van der Waals surface area contributed by atoms with E-state index in [1.165, 1.54) is 12.8 Å². The summed E-state index contributed by atoms with van der Waals surface area (Å²) in [6.07, 6.45) is 3.23. The molecule has 1 aliphatic heterocycles. The molecule has 2 aromatic rings. The number of rotatable bonds is 4. The molecule has 4 nitrogen and oxygen atoms in total. The summed E-state index contributed by atoms with van der Waals surface area (Å²) in [4.78, 5) is 19.6. The van der Waals surface area contributed by atoms with Gasteiger partial charge in [-0.15, -0.1) is 0 Å². The summed E-state index contributed by atoms with van der Waals surface area (Å²) in [6, 6.07) is 8.03. The lowest BCUT2D eigenvalue weighted by Crippen LogP contribution is -2.38. The molecule has 1 aliphatic rings. The number of amides is 1. The number of carbonyl (C=O) groups is 1. The van der Waals surface area contributed by atoms with E-state index in [0.717, 1.165) is 53.3 Å². The third-order valence-electron chi connectivity index (χ3n) is 5.08. The zero-order valence-electron chi connectivity index (χ0n) is 14.9. The van der Waals surface area contributed by atoms with Gasteiger partial charge in [0, 0.05) is 11.1 Å². The van der Waals surface area contributed by atoms with Crippen molar-refractivity contribution in [2.45, 2.75) is 40.0 Å². The van der Waals surface area contributed by atoms with Crippen molar-refractivity contribution >= 4 is 22.5 Å². The highest BCUT2D eigenvalue weighted by Gasteiger charge is 2.19. The van der Waals surface area contributed by atoms with Crippen molar-refractivity contribution in [2.75, 3.05) is 25.0 Å². The molecule has 0 atom stereocenters. The monoisotopic (exact) mass is 325 g/mol. The fraction of sp³-hybridized carbons (Fsp3) is 0.500. The maximum absolute atomic E-state index is 12.6. The van der Waals surface area contributed by atoms with Gasteiger partial charge >= 0.3 is 0 Å². The summed E-state index contributed by atoms with van der Waals surface area (Å²) < 4.78 is 0. The molecule has 4 heteroatoms. The first-order valence-corrected chi connectivity index (χ1v) is 8.99. The number of nitrogens with one attached hydrogen (secondary N) is 1. The maximum Gasteiger partial charge on any atom is 0.238 e. The van der Waals surface area contributed by atoms with E-state index in [4.69, 9.17) is 4.98 Å². The summed E-state index contributed by atoms with van der Waals surface area (Å²) >= 11 is 0. The zero-order chi connectivity index (χ0) is 17.1. The van der Waals surface area contributed by atoms with Crippen molar-refractivity contribution < 1.29 is 4.79 Å². The molecule has 0 unspecified atom stereocenters. The van der Waals surface area contributed by atoms with Crippen molar-refractivity contribution in [1.82, 2.24) is 9.88 Å². The lowest BCUT2D eigenvalue weighted by atomic mass is 9.99. The van der Waals surface area contributed by atoms with E-state index in [1.54, 1.807) is 0 Å². The second-order valence-corrected chi connectivity index (χ2v) is 6.94. The van der Waals surface area contributed by atoms with E-state index in [2.05, 4.69) is 31.0 Å². The molecule has 3 rings (SSSR count). The summed E-state index contributed by atoms with van der Waals surface area (Å²) in [5.41, 5.74) is 4.00. The maximum atomic E-state index is 12.6. The average molecular weight is 325 g/mol. The van der Waals surface area contributed by atoms with Crippen molar-refractivity contribution in [2.24, 2.45) is 5.92 Å². The first-order chi connectivity index (χ1) is 11.6. The van der Waals surface area contributed by atoms with Crippen molar-refractivity contribution in [1.29, 1.82) is 0 Å². The molecule has 0 aliphatic carbocycles. The Kier molecular flexibility index (Phi) is 5.14. The van der Waals surface area contributed by atoms with Gasteiger partial charge in [-0.1, -0.05) is 32.0 Å². The van der Waals surface area contributed by atoms with Gasteiger partial charge in [0.25, 0.3) is 0 Å². The summed E-state index contributed by atoms with van der Waals surface area (Å²) in [5.74, 6) is 0.855. The Bertz CT molecular complexity index is 733. The Hall–Kier alpha value is -1.94. The van der Waals surface area contributed by atoms with Crippen LogP contribution in [0.1, 0.15) is 37.9 Å². The van der Waals surface area contributed by atoms with Crippen molar-refractivity contribution in [3.63, 3.8) is 0 Å². The summed E-state index contributed by atoms with van der Waals surface area (Å²) in [5, 5.41) is 4.19. The van der Waals surface area contributed by atoms with Gasteiger partial charge in [0.2, 0.25) is 5.91 Å². The fourth-order valence-electron chi connectivity index (χ4n) is 3.47. The summed E-state index contributed by atoms with van der Waals surface area (Å²) in [6.45, 7) is 8.96. The van der Waals surface area contributed by atoms with E-state index in [0.29, 0.717) is 6.54 Å². The molecule has 0 bridgehead atoms. The molecule has 1 aromatic heterocycles. The molecule has 2 heterocycles. The predicted octanol–water partition coefficient (Wildman–Crippen LogP) is 3.78. The predicted molar refractivity (Wildman–Crippen MR) is 99.3 cm³/mol. The van der Waals surface area contributed by atoms with Crippen LogP contribution in [0, 0.1) is 12.8 Å². The molecular weight excluding hydrogens is 298 g/mol. The molecule has 128 valence electrons. The number of hydrogen-bond donors (Lipinski definition) is 1. The molecule has 1 aromatic carbocycles. The standard InChI is InChI=1S/C20H27N3O/c1-4-17-15(3)20(16-7-5-6-8-18(16)21-17)22-19(24)13-23-11-9-14(2)10-12-23/h5-8,14H,4,9-13H2,1-3H3,(H,21,22,24). The highest BCUT2D eigenvalue weighted by atomic mass is 16.2. The van der Waals surface area contributed by atoms with Gasteiger partial charge in [-0.05, 0) is 56.8 Å².